The number of ether oxygens (including phenoxy) is 10. The second-order valence-electron chi connectivity index (χ2n) is 16.7. The predicted molar refractivity (Wildman–Crippen MR) is 254 cm³/mol. The van der Waals surface area contributed by atoms with E-state index in [0.717, 1.165) is 33.4 Å². The van der Waals surface area contributed by atoms with E-state index >= 15 is 0 Å². The highest BCUT2D eigenvalue weighted by Crippen LogP contribution is 2.35. The normalized spacial score (nSPS) is 24.8. The lowest BCUT2D eigenvalue weighted by atomic mass is 9.96. The topological polar surface area (TPSA) is 141 Å². The molecule has 0 aliphatic carbocycles. The van der Waals surface area contributed by atoms with Crippen molar-refractivity contribution in [2.45, 2.75) is 101 Å². The van der Waals surface area contributed by atoms with Gasteiger partial charge in [0.25, 0.3) is 0 Å². The molecule has 2 aliphatic heterocycles. The number of benzene rings is 6. The fraction of sp³-hybridized carbons (Fsp3) is 0.345. The predicted octanol–water partition coefficient (Wildman–Crippen LogP) is 9.92. The summed E-state index contributed by atoms with van der Waals surface area (Å²) in [5, 5.41) is 4.30. The summed E-state index contributed by atoms with van der Waals surface area (Å²) in [5.74, 6) is 0. The smallest absolute Gasteiger partial charge is 0.186 e. The van der Waals surface area contributed by atoms with Crippen molar-refractivity contribution in [3.8, 4) is 0 Å². The Bertz CT molecular complexity index is 2370. The van der Waals surface area contributed by atoms with Gasteiger partial charge in [0.1, 0.15) is 48.8 Å². The average Bonchev–Trinajstić information content (AvgIpc) is 3.40. The van der Waals surface area contributed by atoms with Gasteiger partial charge in [-0.15, -0.1) is 0 Å². The first-order valence-corrected chi connectivity index (χ1v) is 23.0. The molecule has 0 N–H and O–H groups in total. The molecule has 8 rings (SSSR count). The zero-order valence-electron chi connectivity index (χ0n) is 38.2. The van der Waals surface area contributed by atoms with Crippen LogP contribution in [0.25, 0.3) is 10.4 Å². The first-order chi connectivity index (χ1) is 33.6. The van der Waals surface area contributed by atoms with E-state index < -0.39 is 61.3 Å². The highest BCUT2D eigenvalue weighted by atomic mass is 16.7. The van der Waals surface area contributed by atoms with Crippen LogP contribution in [0.2, 0.25) is 0 Å². The van der Waals surface area contributed by atoms with Crippen molar-refractivity contribution >= 4 is 0 Å². The van der Waals surface area contributed by atoms with Crippen LogP contribution in [0.3, 0.4) is 0 Å². The fourth-order valence-corrected chi connectivity index (χ4v) is 8.40. The van der Waals surface area contributed by atoms with E-state index in [1.54, 1.807) is 7.11 Å². The second-order valence-corrected chi connectivity index (χ2v) is 16.7. The summed E-state index contributed by atoms with van der Waals surface area (Å²) >= 11 is 0. The van der Waals surface area contributed by atoms with Crippen LogP contribution in [0.15, 0.2) is 187 Å². The summed E-state index contributed by atoms with van der Waals surface area (Å²) in [6, 6.07) is 58.3. The second kappa shape index (κ2) is 26.1. The lowest BCUT2D eigenvalue weighted by molar-refractivity contribution is -0.336. The molecule has 2 aliphatic rings. The summed E-state index contributed by atoms with van der Waals surface area (Å²) in [5.41, 5.74) is 16.0. The Hall–Kier alpha value is -5.77. The number of azide groups is 1. The molecule has 0 radical (unpaired) electrons. The largest absolute Gasteiger partial charge is 0.374 e. The number of hydrogen-bond donors (Lipinski definition) is 0. The molecule has 6 aromatic rings. The summed E-state index contributed by atoms with van der Waals surface area (Å²) in [6.45, 7) is 1.62. The van der Waals surface area contributed by atoms with Gasteiger partial charge in [0.15, 0.2) is 12.6 Å². The van der Waals surface area contributed by atoms with Crippen molar-refractivity contribution < 1.29 is 47.4 Å². The van der Waals surface area contributed by atoms with Gasteiger partial charge in [-0.2, -0.15) is 0 Å². The zero-order valence-corrected chi connectivity index (χ0v) is 38.2. The molecule has 0 spiro atoms. The molecule has 0 bridgehead atoms. The Morgan fingerprint density at radius 2 is 0.735 bits per heavy atom. The molecule has 2 fully saturated rings. The van der Waals surface area contributed by atoms with Gasteiger partial charge in [0.2, 0.25) is 0 Å². The van der Waals surface area contributed by atoms with E-state index in [2.05, 4.69) is 10.0 Å². The number of nitrogens with zero attached hydrogens (tertiary/aromatic N) is 3. The third kappa shape index (κ3) is 13.9. The minimum atomic E-state index is -1.14. The van der Waals surface area contributed by atoms with Gasteiger partial charge in [0, 0.05) is 12.0 Å². The third-order valence-corrected chi connectivity index (χ3v) is 11.9. The van der Waals surface area contributed by atoms with Gasteiger partial charge in [-0.3, -0.25) is 0 Å². The first kappa shape index (κ1) is 48.7. The van der Waals surface area contributed by atoms with Gasteiger partial charge < -0.3 is 47.4 Å². The summed E-state index contributed by atoms with van der Waals surface area (Å²) in [7, 11) is 1.58. The SMILES string of the molecule is CO[C@H]1O[C@H](CO[C@@H]2O[C@H](COCc3ccccc3)[C@@H](OCc3ccccc3)[C@H](OCc3ccccc3)[C@H]2N=[N+]=[N-])[C@@H](OCc2ccccc2)[C@H](OCc2ccccc2)[C@H]1OCc1ccccc1. The molecule has 13 heteroatoms. The summed E-state index contributed by atoms with van der Waals surface area (Å²) < 4.78 is 66.6. The molecular weight excluding hydrogens is 863 g/mol. The quantitative estimate of drug-likeness (QED) is 0.0327. The van der Waals surface area contributed by atoms with E-state index in [0.29, 0.717) is 6.61 Å². The van der Waals surface area contributed by atoms with Gasteiger partial charge >= 0.3 is 0 Å². The molecule has 0 amide bonds. The van der Waals surface area contributed by atoms with E-state index in [1.807, 2.05) is 182 Å². The zero-order chi connectivity index (χ0) is 46.6. The van der Waals surface area contributed by atoms with Crippen LogP contribution in [-0.2, 0) is 87.0 Å². The molecule has 68 heavy (non-hydrogen) atoms. The average molecular weight is 922 g/mol. The van der Waals surface area contributed by atoms with Crippen molar-refractivity contribution in [3.05, 3.63) is 226 Å². The van der Waals surface area contributed by atoms with E-state index in [-0.39, 0.29) is 46.2 Å². The molecule has 6 aromatic carbocycles. The first-order valence-electron chi connectivity index (χ1n) is 23.0. The molecule has 2 heterocycles. The molecular formula is C55H59N3O10. The van der Waals surface area contributed by atoms with E-state index in [9.17, 15) is 5.53 Å². The maximum Gasteiger partial charge on any atom is 0.186 e. The fourth-order valence-electron chi connectivity index (χ4n) is 8.40. The van der Waals surface area contributed by atoms with Crippen molar-refractivity contribution in [2.75, 3.05) is 20.3 Å². The minimum Gasteiger partial charge on any atom is -0.374 e. The lowest BCUT2D eigenvalue weighted by Crippen LogP contribution is -2.63. The Morgan fingerprint density at radius 1 is 0.397 bits per heavy atom. The Balaban J connectivity index is 1.10. The maximum atomic E-state index is 10.2. The highest BCUT2D eigenvalue weighted by molar-refractivity contribution is 5.18. The van der Waals surface area contributed by atoms with Crippen LogP contribution in [0.4, 0.5) is 0 Å². The van der Waals surface area contributed by atoms with Crippen LogP contribution >= 0.6 is 0 Å². The molecule has 2 saturated heterocycles. The van der Waals surface area contributed by atoms with Crippen LogP contribution < -0.4 is 0 Å². The van der Waals surface area contributed by atoms with Crippen LogP contribution in [0, 0.1) is 0 Å². The van der Waals surface area contributed by atoms with Crippen molar-refractivity contribution in [2.24, 2.45) is 5.11 Å². The van der Waals surface area contributed by atoms with Gasteiger partial charge in [-0.25, -0.2) is 0 Å². The Morgan fingerprint density at radius 3 is 1.15 bits per heavy atom. The molecule has 0 saturated carbocycles. The molecule has 0 unspecified atom stereocenters. The van der Waals surface area contributed by atoms with Crippen molar-refractivity contribution in [1.82, 2.24) is 0 Å². The summed E-state index contributed by atoms with van der Waals surface area (Å²) in [6.07, 6.45) is -7.27. The minimum absolute atomic E-state index is 0.0867. The summed E-state index contributed by atoms with van der Waals surface area (Å²) in [4.78, 5) is 3.30. The van der Waals surface area contributed by atoms with Gasteiger partial charge in [-0.1, -0.05) is 187 Å². The van der Waals surface area contributed by atoms with Crippen molar-refractivity contribution in [3.63, 3.8) is 0 Å². The standard InChI is InChI=1S/C55H59N3O10/c1-59-55-53(65-37-45-30-18-7-19-31-45)52(64-36-44-28-16-6-17-29-44)50(62-34-42-24-12-4-13-25-42)47(68-55)39-66-54-48(57-58-56)51(63-35-43-26-14-5-15-27-43)49(61-33-41-22-10-3-11-23-41)46(67-54)38-60-32-40-20-8-2-9-21-40/h2-31,46-55H,32-39H2,1H3/t46-,47-,48-,49-,50-,51-,52+,53-,54-,55+/m1/s1. The number of rotatable bonds is 24. The van der Waals surface area contributed by atoms with Crippen LogP contribution in [-0.4, -0.2) is 81.7 Å². The monoisotopic (exact) mass is 921 g/mol. The van der Waals surface area contributed by atoms with E-state index in [4.69, 9.17) is 47.4 Å². The molecule has 13 nitrogen and oxygen atoms in total. The highest BCUT2D eigenvalue weighted by Gasteiger charge is 2.51. The van der Waals surface area contributed by atoms with Gasteiger partial charge in [0.05, 0.1) is 52.9 Å². The molecule has 354 valence electrons. The number of hydrogen-bond acceptors (Lipinski definition) is 11. The van der Waals surface area contributed by atoms with Crippen molar-refractivity contribution in [1.29, 1.82) is 0 Å². The lowest BCUT2D eigenvalue weighted by Gasteiger charge is -2.47. The Kier molecular flexibility index (Phi) is 18.7. The van der Waals surface area contributed by atoms with Crippen LogP contribution in [0.1, 0.15) is 33.4 Å². The Labute approximate surface area is 398 Å². The maximum absolute atomic E-state index is 10.2. The van der Waals surface area contributed by atoms with E-state index in [1.165, 1.54) is 0 Å². The van der Waals surface area contributed by atoms with Gasteiger partial charge in [-0.05, 0) is 38.9 Å². The van der Waals surface area contributed by atoms with Crippen LogP contribution in [0.5, 0.6) is 0 Å². The third-order valence-electron chi connectivity index (χ3n) is 11.9. The molecule has 10 atom stereocenters. The molecule has 0 aromatic heterocycles. The number of methoxy groups -OCH3 is 1.